The van der Waals surface area contributed by atoms with Crippen molar-refractivity contribution < 1.29 is 27.8 Å². The van der Waals surface area contributed by atoms with Crippen molar-refractivity contribution in [3.8, 4) is 17.1 Å². The topological polar surface area (TPSA) is 100 Å². The Kier molecular flexibility index (Phi) is 7.84. The van der Waals surface area contributed by atoms with Crippen LogP contribution in [0.2, 0.25) is 0 Å². The maximum atomic E-state index is 12.6. The van der Waals surface area contributed by atoms with Gasteiger partial charge in [-0.1, -0.05) is 25.5 Å². The Balaban J connectivity index is 1.78. The van der Waals surface area contributed by atoms with Crippen molar-refractivity contribution in [2.24, 2.45) is 0 Å². The van der Waals surface area contributed by atoms with Gasteiger partial charge in [0.15, 0.2) is 12.6 Å². The molecule has 2 heterocycles. The standard InChI is InChI=1S/C27H29NO7/c1-4-5-10-23(29)28-26-19-8-6-7-9-21(19)35-27(26)20-15-24(30)34-22-14-18(13-17(2)25(20)22)33-16-32-12-11-31-3/h6-9,13-15H,4-5,10-12,16H2,1-3H3,(H,28,29). The minimum absolute atomic E-state index is 0.0374. The highest BCUT2D eigenvalue weighted by atomic mass is 16.7. The average Bonchev–Trinajstić information content (AvgIpc) is 3.20. The maximum absolute atomic E-state index is 12.6. The Morgan fingerprint density at radius 2 is 1.89 bits per heavy atom. The number of carbonyl (C=O) groups excluding carboxylic acids is 1. The van der Waals surface area contributed by atoms with E-state index in [9.17, 15) is 9.59 Å². The van der Waals surface area contributed by atoms with Gasteiger partial charge in [0.1, 0.15) is 16.9 Å². The van der Waals surface area contributed by atoms with Gasteiger partial charge in [-0.05, 0) is 37.1 Å². The molecule has 0 saturated heterocycles. The highest BCUT2D eigenvalue weighted by molar-refractivity contribution is 6.09. The number of unbranched alkanes of at least 4 members (excludes halogenated alkanes) is 1. The third kappa shape index (κ3) is 5.55. The number of methoxy groups -OCH3 is 1. The molecular weight excluding hydrogens is 450 g/mol. The van der Waals surface area contributed by atoms with E-state index < -0.39 is 5.63 Å². The van der Waals surface area contributed by atoms with Crippen LogP contribution >= 0.6 is 0 Å². The summed E-state index contributed by atoms with van der Waals surface area (Å²) >= 11 is 0. The van der Waals surface area contributed by atoms with E-state index >= 15 is 0 Å². The summed E-state index contributed by atoms with van der Waals surface area (Å²) in [5.41, 5.74) is 2.32. The van der Waals surface area contributed by atoms with Crippen molar-refractivity contribution in [3.63, 3.8) is 0 Å². The van der Waals surface area contributed by atoms with Crippen LogP contribution in [0.25, 0.3) is 33.3 Å². The van der Waals surface area contributed by atoms with Crippen molar-refractivity contribution in [2.75, 3.05) is 32.4 Å². The van der Waals surface area contributed by atoms with Crippen LogP contribution in [0.4, 0.5) is 5.69 Å². The fourth-order valence-corrected chi connectivity index (χ4v) is 3.95. The monoisotopic (exact) mass is 479 g/mol. The number of fused-ring (bicyclic) bond motifs is 2. The third-order valence-electron chi connectivity index (χ3n) is 5.62. The van der Waals surface area contributed by atoms with Crippen LogP contribution in [0.5, 0.6) is 5.75 Å². The molecule has 0 radical (unpaired) electrons. The molecule has 0 atom stereocenters. The quantitative estimate of drug-likeness (QED) is 0.169. The third-order valence-corrected chi connectivity index (χ3v) is 5.62. The molecular formula is C27H29NO7. The van der Waals surface area contributed by atoms with Crippen LogP contribution in [0.15, 0.2) is 56.1 Å². The van der Waals surface area contributed by atoms with E-state index in [1.54, 1.807) is 13.2 Å². The molecule has 0 aliphatic carbocycles. The van der Waals surface area contributed by atoms with Crippen LogP contribution in [0.1, 0.15) is 31.7 Å². The summed E-state index contributed by atoms with van der Waals surface area (Å²) in [4.78, 5) is 25.2. The van der Waals surface area contributed by atoms with Gasteiger partial charge in [-0.25, -0.2) is 4.79 Å². The van der Waals surface area contributed by atoms with E-state index in [2.05, 4.69) is 5.32 Å². The predicted molar refractivity (Wildman–Crippen MR) is 134 cm³/mol. The van der Waals surface area contributed by atoms with E-state index in [-0.39, 0.29) is 12.7 Å². The predicted octanol–water partition coefficient (Wildman–Crippen LogP) is 5.64. The number of benzene rings is 2. The Morgan fingerprint density at radius 3 is 2.69 bits per heavy atom. The second-order valence-electron chi connectivity index (χ2n) is 8.21. The Labute approximate surface area is 202 Å². The molecule has 1 N–H and O–H groups in total. The molecule has 8 nitrogen and oxygen atoms in total. The number of hydrogen-bond acceptors (Lipinski definition) is 7. The van der Waals surface area contributed by atoms with Gasteiger partial charge in [0.05, 0.1) is 18.9 Å². The summed E-state index contributed by atoms with van der Waals surface area (Å²) < 4.78 is 27.7. The van der Waals surface area contributed by atoms with Gasteiger partial charge in [0.25, 0.3) is 0 Å². The van der Waals surface area contributed by atoms with E-state index in [4.69, 9.17) is 23.0 Å². The second kappa shape index (κ2) is 11.2. The number of rotatable bonds is 11. The number of aryl methyl sites for hydroxylation is 1. The smallest absolute Gasteiger partial charge is 0.336 e. The highest BCUT2D eigenvalue weighted by Crippen LogP contribution is 2.42. The number of nitrogens with one attached hydrogen (secondary N) is 1. The second-order valence-corrected chi connectivity index (χ2v) is 8.21. The molecule has 1 amide bonds. The van der Waals surface area contributed by atoms with Gasteiger partial charge in [-0.15, -0.1) is 0 Å². The first-order chi connectivity index (χ1) is 17.0. The van der Waals surface area contributed by atoms with Crippen molar-refractivity contribution >= 4 is 33.5 Å². The Morgan fingerprint density at radius 1 is 1.06 bits per heavy atom. The molecule has 2 aromatic carbocycles. The fraction of sp³-hybridized carbons (Fsp3) is 0.333. The minimum atomic E-state index is -0.538. The lowest BCUT2D eigenvalue weighted by Crippen LogP contribution is -2.11. The van der Waals surface area contributed by atoms with Crippen molar-refractivity contribution in [3.05, 3.63) is 58.4 Å². The molecule has 0 aliphatic heterocycles. The average molecular weight is 480 g/mol. The van der Waals surface area contributed by atoms with E-state index in [0.717, 1.165) is 23.8 Å². The zero-order chi connectivity index (χ0) is 24.8. The molecule has 0 unspecified atom stereocenters. The number of anilines is 1. The molecule has 184 valence electrons. The number of furan rings is 1. The van der Waals surface area contributed by atoms with Crippen LogP contribution in [0.3, 0.4) is 0 Å². The highest BCUT2D eigenvalue weighted by Gasteiger charge is 2.22. The summed E-state index contributed by atoms with van der Waals surface area (Å²) in [6, 6.07) is 12.3. The first kappa shape index (κ1) is 24.5. The Hall–Kier alpha value is -3.62. The SMILES string of the molecule is CCCCC(=O)Nc1c(-c2cc(=O)oc3cc(OCOCCOC)cc(C)c23)oc2ccccc12. The molecule has 0 saturated carbocycles. The first-order valence-electron chi connectivity index (χ1n) is 11.6. The summed E-state index contributed by atoms with van der Waals surface area (Å²) in [5.74, 6) is 0.812. The fourth-order valence-electron chi connectivity index (χ4n) is 3.95. The molecule has 0 spiro atoms. The van der Waals surface area contributed by atoms with Gasteiger partial charge in [-0.3, -0.25) is 4.79 Å². The maximum Gasteiger partial charge on any atom is 0.336 e. The number of hydrogen-bond donors (Lipinski definition) is 1. The summed E-state index contributed by atoms with van der Waals surface area (Å²) in [6.07, 6.45) is 2.10. The van der Waals surface area contributed by atoms with Crippen LogP contribution in [0, 0.1) is 6.92 Å². The summed E-state index contributed by atoms with van der Waals surface area (Å²) in [5, 5.41) is 4.47. The van der Waals surface area contributed by atoms with Gasteiger partial charge in [-0.2, -0.15) is 0 Å². The van der Waals surface area contributed by atoms with E-state index in [1.165, 1.54) is 6.07 Å². The molecule has 8 heteroatoms. The number of ether oxygens (including phenoxy) is 3. The molecule has 35 heavy (non-hydrogen) atoms. The normalized spacial score (nSPS) is 11.3. The van der Waals surface area contributed by atoms with E-state index in [0.29, 0.717) is 58.9 Å². The largest absolute Gasteiger partial charge is 0.467 e. The van der Waals surface area contributed by atoms with E-state index in [1.807, 2.05) is 44.2 Å². The molecule has 0 aliphatic rings. The lowest BCUT2D eigenvalue weighted by molar-refractivity contribution is -0.116. The van der Waals surface area contributed by atoms with Crippen molar-refractivity contribution in [1.82, 2.24) is 0 Å². The van der Waals surface area contributed by atoms with Crippen molar-refractivity contribution in [1.29, 1.82) is 0 Å². The molecule has 0 fully saturated rings. The van der Waals surface area contributed by atoms with Gasteiger partial charge < -0.3 is 28.4 Å². The lowest BCUT2D eigenvalue weighted by atomic mass is 10.0. The van der Waals surface area contributed by atoms with Gasteiger partial charge in [0, 0.05) is 42.0 Å². The van der Waals surface area contributed by atoms with Gasteiger partial charge in [0.2, 0.25) is 5.91 Å². The summed E-state index contributed by atoms with van der Waals surface area (Å²) in [7, 11) is 1.60. The number of carbonyl (C=O) groups is 1. The first-order valence-corrected chi connectivity index (χ1v) is 11.6. The molecule has 4 rings (SSSR count). The Bertz CT molecular complexity index is 1390. The molecule has 2 aromatic heterocycles. The van der Waals surface area contributed by atoms with Crippen LogP contribution in [-0.2, 0) is 14.3 Å². The van der Waals surface area contributed by atoms with Crippen LogP contribution in [-0.4, -0.2) is 33.0 Å². The molecule has 0 bridgehead atoms. The zero-order valence-corrected chi connectivity index (χ0v) is 20.1. The van der Waals surface area contributed by atoms with Gasteiger partial charge >= 0.3 is 5.63 Å². The van der Waals surface area contributed by atoms with Crippen molar-refractivity contribution in [2.45, 2.75) is 33.1 Å². The molecule has 4 aromatic rings. The minimum Gasteiger partial charge on any atom is -0.467 e. The number of amides is 1. The number of para-hydroxylation sites is 1. The summed E-state index contributed by atoms with van der Waals surface area (Å²) in [6.45, 7) is 4.84. The lowest BCUT2D eigenvalue weighted by Gasteiger charge is -2.12. The van der Waals surface area contributed by atoms with Crippen LogP contribution < -0.4 is 15.7 Å². The zero-order valence-electron chi connectivity index (χ0n) is 20.1.